The van der Waals surface area contributed by atoms with Crippen LogP contribution in [0.15, 0.2) is 42.6 Å². The van der Waals surface area contributed by atoms with Crippen molar-refractivity contribution in [1.82, 2.24) is 4.98 Å². The molecule has 0 aliphatic heterocycles. The number of aromatic nitrogens is 1. The molecule has 0 saturated carbocycles. The van der Waals surface area contributed by atoms with Crippen molar-refractivity contribution in [1.29, 1.82) is 0 Å². The zero-order chi connectivity index (χ0) is 11.7. The topological polar surface area (TPSA) is 24.9 Å². The highest BCUT2D eigenvalue weighted by Crippen LogP contribution is 2.24. The van der Waals surface area contributed by atoms with E-state index >= 15 is 0 Å². The van der Waals surface area contributed by atoms with Crippen LogP contribution >= 0.6 is 0 Å². The molecule has 0 fully saturated rings. The smallest absolute Gasteiger partial charge is 0.129 e. The molecular weight excluding hydrogens is 208 g/mol. The minimum absolute atomic E-state index is 0.487. The van der Waals surface area contributed by atoms with Crippen LogP contribution in [0.1, 0.15) is 16.7 Å². The van der Waals surface area contributed by atoms with Gasteiger partial charge in [0.15, 0.2) is 0 Å². The molecule has 0 spiro atoms. The maximum atomic E-state index is 4.39. The number of hydrogen-bond acceptors (Lipinski definition) is 2. The molecule has 1 heterocycles. The summed E-state index contributed by atoms with van der Waals surface area (Å²) >= 11 is 0. The van der Waals surface area contributed by atoms with Gasteiger partial charge in [0.05, 0.1) is 0 Å². The standard InChI is InChI=1S/C15H16N2/c1-11-5-4-8-16-15(11)17-14-9-12-6-2-3-7-13(12)10-14/h2-8,14H,9-10H2,1H3,(H,16,17). The van der Waals surface area contributed by atoms with Gasteiger partial charge in [-0.05, 0) is 42.5 Å². The zero-order valence-electron chi connectivity index (χ0n) is 9.98. The highest BCUT2D eigenvalue weighted by molar-refractivity contribution is 5.46. The van der Waals surface area contributed by atoms with Crippen molar-refractivity contribution < 1.29 is 0 Å². The van der Waals surface area contributed by atoms with E-state index in [9.17, 15) is 0 Å². The molecular formula is C15H16N2. The molecule has 1 aliphatic rings. The van der Waals surface area contributed by atoms with Crippen molar-refractivity contribution in [3.05, 3.63) is 59.3 Å². The van der Waals surface area contributed by atoms with Crippen LogP contribution in [0.2, 0.25) is 0 Å². The summed E-state index contributed by atoms with van der Waals surface area (Å²) in [5, 5.41) is 3.54. The Kier molecular flexibility index (Phi) is 2.56. The molecule has 0 unspecified atom stereocenters. The summed E-state index contributed by atoms with van der Waals surface area (Å²) in [5.74, 6) is 1.02. The van der Waals surface area contributed by atoms with Gasteiger partial charge in [-0.2, -0.15) is 0 Å². The molecule has 1 aromatic carbocycles. The first-order chi connectivity index (χ1) is 8.33. The number of fused-ring (bicyclic) bond motifs is 1. The lowest BCUT2D eigenvalue weighted by atomic mass is 10.1. The summed E-state index contributed by atoms with van der Waals surface area (Å²) in [7, 11) is 0. The second-order valence-corrected chi connectivity index (χ2v) is 4.69. The Morgan fingerprint density at radius 2 is 1.76 bits per heavy atom. The van der Waals surface area contributed by atoms with Gasteiger partial charge in [-0.25, -0.2) is 4.98 Å². The van der Waals surface area contributed by atoms with Crippen LogP contribution in [-0.2, 0) is 12.8 Å². The number of nitrogens with zero attached hydrogens (tertiary/aromatic N) is 1. The molecule has 1 aromatic heterocycles. The summed E-state index contributed by atoms with van der Waals surface area (Å²) in [6, 6.07) is 13.2. The van der Waals surface area contributed by atoms with E-state index in [-0.39, 0.29) is 0 Å². The fourth-order valence-corrected chi connectivity index (χ4v) is 2.49. The van der Waals surface area contributed by atoms with Gasteiger partial charge in [-0.1, -0.05) is 30.3 Å². The average molecular weight is 224 g/mol. The Morgan fingerprint density at radius 1 is 1.06 bits per heavy atom. The van der Waals surface area contributed by atoms with Gasteiger partial charge in [-0.3, -0.25) is 0 Å². The first-order valence-corrected chi connectivity index (χ1v) is 6.08. The largest absolute Gasteiger partial charge is 0.366 e. The van der Waals surface area contributed by atoms with Gasteiger partial charge >= 0.3 is 0 Å². The van der Waals surface area contributed by atoms with Crippen molar-refractivity contribution in [2.24, 2.45) is 0 Å². The molecule has 86 valence electrons. The molecule has 0 bridgehead atoms. The molecule has 0 saturated heterocycles. The maximum Gasteiger partial charge on any atom is 0.129 e. The molecule has 0 atom stereocenters. The first kappa shape index (κ1) is 10.3. The monoisotopic (exact) mass is 224 g/mol. The molecule has 0 amide bonds. The average Bonchev–Trinajstić information content (AvgIpc) is 2.74. The highest BCUT2D eigenvalue weighted by atomic mass is 15.0. The third-order valence-corrected chi connectivity index (χ3v) is 3.40. The lowest BCUT2D eigenvalue weighted by Crippen LogP contribution is -2.20. The quantitative estimate of drug-likeness (QED) is 0.848. The third kappa shape index (κ3) is 2.03. The first-order valence-electron chi connectivity index (χ1n) is 6.08. The second-order valence-electron chi connectivity index (χ2n) is 4.69. The van der Waals surface area contributed by atoms with Crippen LogP contribution in [0.25, 0.3) is 0 Å². The Bertz CT molecular complexity index is 509. The van der Waals surface area contributed by atoms with Crippen molar-refractivity contribution in [3.63, 3.8) is 0 Å². The Hall–Kier alpha value is -1.83. The van der Waals surface area contributed by atoms with Gasteiger partial charge in [0, 0.05) is 12.2 Å². The summed E-state index contributed by atoms with van der Waals surface area (Å²) in [6.07, 6.45) is 4.05. The Morgan fingerprint density at radius 3 is 2.41 bits per heavy atom. The van der Waals surface area contributed by atoms with Crippen molar-refractivity contribution >= 4 is 5.82 Å². The minimum atomic E-state index is 0.487. The van der Waals surface area contributed by atoms with Gasteiger partial charge < -0.3 is 5.32 Å². The van der Waals surface area contributed by atoms with Crippen LogP contribution in [-0.4, -0.2) is 11.0 Å². The lowest BCUT2D eigenvalue weighted by Gasteiger charge is -2.14. The number of rotatable bonds is 2. The number of pyridine rings is 1. The van der Waals surface area contributed by atoms with E-state index in [4.69, 9.17) is 0 Å². The van der Waals surface area contributed by atoms with Crippen LogP contribution in [0.4, 0.5) is 5.82 Å². The normalized spacial score (nSPS) is 14.6. The summed E-state index contributed by atoms with van der Waals surface area (Å²) in [4.78, 5) is 4.39. The summed E-state index contributed by atoms with van der Waals surface area (Å²) in [6.45, 7) is 2.09. The molecule has 2 nitrogen and oxygen atoms in total. The predicted octanol–water partition coefficient (Wildman–Crippen LogP) is 2.97. The van der Waals surface area contributed by atoms with E-state index in [0.29, 0.717) is 6.04 Å². The van der Waals surface area contributed by atoms with E-state index in [2.05, 4.69) is 47.6 Å². The number of hydrogen-bond donors (Lipinski definition) is 1. The minimum Gasteiger partial charge on any atom is -0.366 e. The number of benzene rings is 1. The van der Waals surface area contributed by atoms with Crippen molar-refractivity contribution in [3.8, 4) is 0 Å². The maximum absolute atomic E-state index is 4.39. The summed E-state index contributed by atoms with van der Waals surface area (Å²) in [5.41, 5.74) is 4.15. The van der Waals surface area contributed by atoms with Gasteiger partial charge in [0.2, 0.25) is 0 Å². The number of nitrogens with one attached hydrogen (secondary N) is 1. The molecule has 0 radical (unpaired) electrons. The number of aryl methyl sites for hydroxylation is 1. The van der Waals surface area contributed by atoms with Gasteiger partial charge in [-0.15, -0.1) is 0 Å². The zero-order valence-corrected chi connectivity index (χ0v) is 9.98. The van der Waals surface area contributed by atoms with Crippen molar-refractivity contribution in [2.75, 3.05) is 5.32 Å². The number of anilines is 1. The van der Waals surface area contributed by atoms with E-state index in [1.807, 2.05) is 12.3 Å². The Labute approximate surface area is 102 Å². The molecule has 1 aliphatic carbocycles. The summed E-state index contributed by atoms with van der Waals surface area (Å²) < 4.78 is 0. The Balaban J connectivity index is 1.76. The van der Waals surface area contributed by atoms with Crippen LogP contribution < -0.4 is 5.32 Å². The molecule has 2 aromatic rings. The van der Waals surface area contributed by atoms with Crippen LogP contribution in [0.3, 0.4) is 0 Å². The molecule has 1 N–H and O–H groups in total. The predicted molar refractivity (Wildman–Crippen MR) is 70.2 cm³/mol. The molecule has 17 heavy (non-hydrogen) atoms. The highest BCUT2D eigenvalue weighted by Gasteiger charge is 2.21. The van der Waals surface area contributed by atoms with E-state index in [1.54, 1.807) is 0 Å². The van der Waals surface area contributed by atoms with Crippen molar-refractivity contribution in [2.45, 2.75) is 25.8 Å². The van der Waals surface area contributed by atoms with Gasteiger partial charge in [0.25, 0.3) is 0 Å². The SMILES string of the molecule is Cc1cccnc1NC1Cc2ccccc2C1. The van der Waals surface area contributed by atoms with Gasteiger partial charge in [0.1, 0.15) is 5.82 Å². The second kappa shape index (κ2) is 4.21. The third-order valence-electron chi connectivity index (χ3n) is 3.40. The van der Waals surface area contributed by atoms with E-state index in [1.165, 1.54) is 16.7 Å². The fourth-order valence-electron chi connectivity index (χ4n) is 2.49. The fraction of sp³-hybridized carbons (Fsp3) is 0.267. The van der Waals surface area contributed by atoms with E-state index in [0.717, 1.165) is 18.7 Å². The lowest BCUT2D eigenvalue weighted by molar-refractivity contribution is 0.767. The van der Waals surface area contributed by atoms with E-state index < -0.39 is 0 Å². The van der Waals surface area contributed by atoms with Crippen LogP contribution in [0, 0.1) is 6.92 Å². The molecule has 3 rings (SSSR count). The molecule has 2 heteroatoms. The van der Waals surface area contributed by atoms with Crippen LogP contribution in [0.5, 0.6) is 0 Å².